The number of rotatable bonds is 5. The van der Waals surface area contributed by atoms with Gasteiger partial charge in [-0.3, -0.25) is 0 Å². The van der Waals surface area contributed by atoms with Gasteiger partial charge < -0.3 is 10.2 Å². The highest BCUT2D eigenvalue weighted by atomic mass is 16.4. The van der Waals surface area contributed by atoms with Gasteiger partial charge in [0.2, 0.25) is 5.89 Å². The first kappa shape index (κ1) is 18.1. The van der Waals surface area contributed by atoms with Gasteiger partial charge in [0.05, 0.1) is 0 Å². The summed E-state index contributed by atoms with van der Waals surface area (Å²) in [5, 5.41) is 0. The quantitative estimate of drug-likeness (QED) is 0.416. The summed E-state index contributed by atoms with van der Waals surface area (Å²) < 4.78 is 6.30. The first-order valence-electron chi connectivity index (χ1n) is 9.75. The predicted octanol–water partition coefficient (Wildman–Crippen LogP) is 6.38. The monoisotopic (exact) mass is 368 g/mol. The van der Waals surface area contributed by atoms with E-state index in [-0.39, 0.29) is 0 Å². The molecule has 0 aliphatic heterocycles. The van der Waals surface area contributed by atoms with E-state index in [2.05, 4.69) is 32.0 Å². The van der Waals surface area contributed by atoms with Gasteiger partial charge in [0.1, 0.15) is 5.69 Å². The van der Waals surface area contributed by atoms with Crippen LogP contribution in [-0.4, -0.2) is 4.98 Å². The summed E-state index contributed by atoms with van der Waals surface area (Å²) in [4.78, 5) is 4.93. The van der Waals surface area contributed by atoms with Crippen LogP contribution in [0, 0.1) is 0 Å². The molecule has 0 unspecified atom stereocenters. The molecule has 0 spiro atoms. The van der Waals surface area contributed by atoms with Crippen molar-refractivity contribution in [1.82, 2.24) is 4.98 Å². The normalized spacial score (nSPS) is 10.9. The lowest BCUT2D eigenvalue weighted by Crippen LogP contribution is -2.01. The summed E-state index contributed by atoms with van der Waals surface area (Å²) in [7, 11) is 0. The summed E-state index contributed by atoms with van der Waals surface area (Å²) in [5.74, 6) is 1.42. The molecule has 1 aromatic heterocycles. The Hall–Kier alpha value is -3.33. The molecule has 3 nitrogen and oxygen atoms in total. The molecule has 0 amide bonds. The number of aromatic nitrogens is 1. The third-order valence-electron chi connectivity index (χ3n) is 5.11. The van der Waals surface area contributed by atoms with E-state index in [1.165, 1.54) is 11.1 Å². The first-order valence-corrected chi connectivity index (χ1v) is 9.75. The Bertz CT molecular complexity index is 1080. The maximum Gasteiger partial charge on any atom is 0.227 e. The Morgan fingerprint density at radius 3 is 1.96 bits per heavy atom. The van der Waals surface area contributed by atoms with E-state index in [4.69, 9.17) is 15.1 Å². The second-order valence-corrected chi connectivity index (χ2v) is 6.80. The lowest BCUT2D eigenvalue weighted by molar-refractivity contribution is 0.589. The van der Waals surface area contributed by atoms with Crippen LogP contribution in [-0.2, 0) is 12.8 Å². The van der Waals surface area contributed by atoms with Gasteiger partial charge in [0.25, 0.3) is 0 Å². The van der Waals surface area contributed by atoms with Crippen LogP contribution in [0.4, 0.5) is 5.69 Å². The molecule has 0 saturated heterocycles. The molecule has 3 aromatic carbocycles. The Balaban J connectivity index is 1.98. The first-order chi connectivity index (χ1) is 13.7. The molecule has 0 fully saturated rings. The van der Waals surface area contributed by atoms with Crippen LogP contribution in [0.2, 0.25) is 0 Å². The zero-order valence-corrected chi connectivity index (χ0v) is 16.3. The van der Waals surface area contributed by atoms with Gasteiger partial charge in [0.15, 0.2) is 5.76 Å². The fourth-order valence-corrected chi connectivity index (χ4v) is 3.75. The van der Waals surface area contributed by atoms with Crippen molar-refractivity contribution in [3.05, 3.63) is 83.9 Å². The summed E-state index contributed by atoms with van der Waals surface area (Å²) in [5.41, 5.74) is 13.5. The number of nitrogens with two attached hydrogens (primary N) is 1. The predicted molar refractivity (Wildman–Crippen MR) is 116 cm³/mol. The maximum atomic E-state index is 6.30. The third kappa shape index (κ3) is 3.20. The van der Waals surface area contributed by atoms with Gasteiger partial charge in [-0.2, -0.15) is 0 Å². The molecule has 0 bridgehead atoms. The maximum absolute atomic E-state index is 6.30. The Kier molecular flexibility index (Phi) is 4.98. The Morgan fingerprint density at radius 1 is 0.750 bits per heavy atom. The van der Waals surface area contributed by atoms with Gasteiger partial charge in [-0.05, 0) is 42.2 Å². The van der Waals surface area contributed by atoms with Crippen LogP contribution >= 0.6 is 0 Å². The van der Waals surface area contributed by atoms with Gasteiger partial charge in [-0.1, -0.05) is 68.4 Å². The van der Waals surface area contributed by atoms with E-state index >= 15 is 0 Å². The van der Waals surface area contributed by atoms with Crippen molar-refractivity contribution in [2.75, 3.05) is 5.73 Å². The second-order valence-electron chi connectivity index (χ2n) is 6.80. The standard InChI is InChI=1S/C25H24N2O/c1-3-19-20(4-2)22(26)16-15-21(19)23-24(17-11-7-5-8-12-17)28-25(27-23)18-13-9-6-10-14-18/h5-16H,3-4,26H2,1-2H3. The summed E-state index contributed by atoms with van der Waals surface area (Å²) in [6.45, 7) is 4.31. The number of hydrogen-bond donors (Lipinski definition) is 1. The lowest BCUT2D eigenvalue weighted by atomic mass is 9.92. The van der Waals surface area contributed by atoms with Crippen LogP contribution in [0.15, 0.2) is 77.2 Å². The number of nitrogen functional groups attached to an aromatic ring is 1. The smallest absolute Gasteiger partial charge is 0.227 e. The molecule has 3 heteroatoms. The van der Waals surface area contributed by atoms with Crippen molar-refractivity contribution in [2.45, 2.75) is 26.7 Å². The average Bonchev–Trinajstić information content (AvgIpc) is 3.20. The average molecular weight is 368 g/mol. The van der Waals surface area contributed by atoms with Gasteiger partial charge in [-0.15, -0.1) is 0 Å². The molecule has 4 aromatic rings. The third-order valence-corrected chi connectivity index (χ3v) is 5.11. The molecule has 4 rings (SSSR count). The molecule has 2 N–H and O–H groups in total. The fraction of sp³-hybridized carbons (Fsp3) is 0.160. The fourth-order valence-electron chi connectivity index (χ4n) is 3.75. The minimum absolute atomic E-state index is 0.631. The Morgan fingerprint density at radius 2 is 1.36 bits per heavy atom. The molecule has 0 aliphatic carbocycles. The van der Waals surface area contributed by atoms with Crippen LogP contribution in [0.3, 0.4) is 0 Å². The minimum atomic E-state index is 0.631. The van der Waals surface area contributed by atoms with Crippen molar-refractivity contribution in [2.24, 2.45) is 0 Å². The zero-order chi connectivity index (χ0) is 19.5. The van der Waals surface area contributed by atoms with E-state index in [0.717, 1.165) is 46.7 Å². The van der Waals surface area contributed by atoms with Crippen LogP contribution in [0.1, 0.15) is 25.0 Å². The molecule has 0 radical (unpaired) electrons. The largest absolute Gasteiger partial charge is 0.435 e. The van der Waals surface area contributed by atoms with Crippen molar-refractivity contribution in [3.8, 4) is 34.0 Å². The molecular weight excluding hydrogens is 344 g/mol. The molecule has 140 valence electrons. The van der Waals surface area contributed by atoms with Gasteiger partial charge in [0, 0.05) is 22.4 Å². The molecule has 0 atom stereocenters. The van der Waals surface area contributed by atoms with E-state index in [9.17, 15) is 0 Å². The van der Waals surface area contributed by atoms with E-state index in [1.807, 2.05) is 54.6 Å². The highest BCUT2D eigenvalue weighted by molar-refractivity contribution is 5.82. The second kappa shape index (κ2) is 7.73. The molecular formula is C25H24N2O. The van der Waals surface area contributed by atoms with E-state index in [0.29, 0.717) is 5.89 Å². The molecule has 0 saturated carbocycles. The van der Waals surface area contributed by atoms with Crippen LogP contribution in [0.25, 0.3) is 34.0 Å². The zero-order valence-electron chi connectivity index (χ0n) is 16.3. The van der Waals surface area contributed by atoms with Gasteiger partial charge >= 0.3 is 0 Å². The van der Waals surface area contributed by atoms with E-state index < -0.39 is 0 Å². The number of benzene rings is 3. The van der Waals surface area contributed by atoms with Crippen LogP contribution in [0.5, 0.6) is 0 Å². The summed E-state index contributed by atoms with van der Waals surface area (Å²) >= 11 is 0. The van der Waals surface area contributed by atoms with Crippen LogP contribution < -0.4 is 5.73 Å². The number of nitrogens with zero attached hydrogens (tertiary/aromatic N) is 1. The molecule has 1 heterocycles. The minimum Gasteiger partial charge on any atom is -0.435 e. The number of hydrogen-bond acceptors (Lipinski definition) is 3. The number of oxazole rings is 1. The summed E-state index contributed by atoms with van der Waals surface area (Å²) in [6.07, 6.45) is 1.79. The summed E-state index contributed by atoms with van der Waals surface area (Å²) in [6, 6.07) is 24.2. The van der Waals surface area contributed by atoms with E-state index in [1.54, 1.807) is 0 Å². The SMILES string of the molecule is CCc1c(N)ccc(-c2nc(-c3ccccc3)oc2-c2ccccc2)c1CC. The van der Waals surface area contributed by atoms with Crippen molar-refractivity contribution in [1.29, 1.82) is 0 Å². The number of anilines is 1. The lowest BCUT2D eigenvalue weighted by Gasteiger charge is -2.14. The Labute approximate surface area is 165 Å². The van der Waals surface area contributed by atoms with Crippen molar-refractivity contribution >= 4 is 5.69 Å². The highest BCUT2D eigenvalue weighted by Crippen LogP contribution is 2.39. The highest BCUT2D eigenvalue weighted by Gasteiger charge is 2.21. The topological polar surface area (TPSA) is 52.0 Å². The van der Waals surface area contributed by atoms with Crippen molar-refractivity contribution < 1.29 is 4.42 Å². The molecule has 28 heavy (non-hydrogen) atoms. The molecule has 0 aliphatic rings. The van der Waals surface area contributed by atoms with Crippen molar-refractivity contribution in [3.63, 3.8) is 0 Å². The van der Waals surface area contributed by atoms with Gasteiger partial charge in [-0.25, -0.2) is 4.98 Å².